The monoisotopic (exact) mass is 186 g/mol. The van der Waals surface area contributed by atoms with Crippen LogP contribution in [0, 0.1) is 5.92 Å². The maximum atomic E-state index is 9.99. The van der Waals surface area contributed by atoms with Crippen LogP contribution in [0.2, 0.25) is 0 Å². The highest BCUT2D eigenvalue weighted by Gasteiger charge is 2.19. The van der Waals surface area contributed by atoms with Gasteiger partial charge in [0.2, 0.25) is 0 Å². The number of aliphatic hydroxyl groups is 1. The number of hydrogen-bond acceptors (Lipinski definition) is 1. The van der Waals surface area contributed by atoms with Crippen LogP contribution < -0.4 is 0 Å². The van der Waals surface area contributed by atoms with Gasteiger partial charge in [-0.15, -0.1) is 0 Å². The smallest absolute Gasteiger partial charge is 0.0619 e. The maximum Gasteiger partial charge on any atom is 0.0619 e. The highest BCUT2D eigenvalue weighted by atomic mass is 16.3. The Hall–Kier alpha value is -0.0400. The van der Waals surface area contributed by atoms with Gasteiger partial charge >= 0.3 is 0 Å². The van der Waals surface area contributed by atoms with Crippen molar-refractivity contribution in [2.24, 2.45) is 5.92 Å². The Kier molecular flexibility index (Phi) is 6.40. The molecule has 0 heterocycles. The van der Waals surface area contributed by atoms with Crippen LogP contribution in [0.4, 0.5) is 0 Å². The molecular formula is C12H26O. The number of unbranched alkanes of at least 4 members (excludes halogenated alkanes) is 2. The Balaban J connectivity index is 3.54. The molecule has 0 aliphatic heterocycles. The van der Waals surface area contributed by atoms with Crippen molar-refractivity contribution in [3.8, 4) is 0 Å². The number of hydrogen-bond donors (Lipinski definition) is 1. The van der Waals surface area contributed by atoms with Gasteiger partial charge in [0, 0.05) is 0 Å². The lowest BCUT2D eigenvalue weighted by atomic mass is 9.90. The van der Waals surface area contributed by atoms with Gasteiger partial charge in [-0.05, 0) is 32.1 Å². The Morgan fingerprint density at radius 3 is 2.23 bits per heavy atom. The summed E-state index contributed by atoms with van der Waals surface area (Å²) in [7, 11) is 0. The minimum Gasteiger partial charge on any atom is -0.390 e. The third-order valence-corrected chi connectivity index (χ3v) is 2.58. The molecule has 0 bridgehead atoms. The summed E-state index contributed by atoms with van der Waals surface area (Å²) in [5, 5.41) is 9.99. The van der Waals surface area contributed by atoms with Crippen molar-refractivity contribution in [3.63, 3.8) is 0 Å². The average Bonchev–Trinajstić information content (AvgIpc) is 2.02. The Labute approximate surface area is 83.5 Å². The van der Waals surface area contributed by atoms with Gasteiger partial charge in [-0.2, -0.15) is 0 Å². The molecule has 0 radical (unpaired) electrons. The molecule has 1 N–H and O–H groups in total. The van der Waals surface area contributed by atoms with Gasteiger partial charge in [-0.3, -0.25) is 0 Å². The van der Waals surface area contributed by atoms with Gasteiger partial charge in [0.25, 0.3) is 0 Å². The molecule has 0 amide bonds. The SMILES string of the molecule is CCCCCC(C)(O)CCC(C)C. The first kappa shape index (κ1) is 13.0. The maximum absolute atomic E-state index is 9.99. The number of rotatable bonds is 7. The van der Waals surface area contributed by atoms with Crippen LogP contribution in [0.3, 0.4) is 0 Å². The Morgan fingerprint density at radius 2 is 1.77 bits per heavy atom. The minimum atomic E-state index is -0.417. The van der Waals surface area contributed by atoms with Crippen molar-refractivity contribution in [1.29, 1.82) is 0 Å². The van der Waals surface area contributed by atoms with Crippen LogP contribution >= 0.6 is 0 Å². The van der Waals surface area contributed by atoms with E-state index in [1.165, 1.54) is 19.3 Å². The summed E-state index contributed by atoms with van der Waals surface area (Å²) in [6, 6.07) is 0. The molecule has 80 valence electrons. The highest BCUT2D eigenvalue weighted by Crippen LogP contribution is 2.22. The molecule has 13 heavy (non-hydrogen) atoms. The van der Waals surface area contributed by atoms with E-state index in [0.717, 1.165) is 19.3 Å². The van der Waals surface area contributed by atoms with Gasteiger partial charge in [-0.1, -0.05) is 40.0 Å². The topological polar surface area (TPSA) is 20.2 Å². The van der Waals surface area contributed by atoms with Crippen molar-refractivity contribution < 1.29 is 5.11 Å². The van der Waals surface area contributed by atoms with Crippen LogP contribution in [-0.4, -0.2) is 10.7 Å². The van der Waals surface area contributed by atoms with Gasteiger partial charge in [0.1, 0.15) is 0 Å². The zero-order valence-corrected chi connectivity index (χ0v) is 9.77. The zero-order chi connectivity index (χ0) is 10.3. The first-order valence-electron chi connectivity index (χ1n) is 5.70. The van der Waals surface area contributed by atoms with Gasteiger partial charge in [0.05, 0.1) is 5.60 Å². The Bertz CT molecular complexity index is 116. The van der Waals surface area contributed by atoms with Crippen LogP contribution in [0.5, 0.6) is 0 Å². The molecule has 1 heteroatoms. The fourth-order valence-corrected chi connectivity index (χ4v) is 1.48. The van der Waals surface area contributed by atoms with Crippen LogP contribution in [-0.2, 0) is 0 Å². The van der Waals surface area contributed by atoms with E-state index in [2.05, 4.69) is 20.8 Å². The van der Waals surface area contributed by atoms with Crippen molar-refractivity contribution >= 4 is 0 Å². The lowest BCUT2D eigenvalue weighted by molar-refractivity contribution is 0.0342. The lowest BCUT2D eigenvalue weighted by Gasteiger charge is -2.24. The molecule has 0 aliphatic carbocycles. The first-order valence-corrected chi connectivity index (χ1v) is 5.70. The van der Waals surface area contributed by atoms with Crippen molar-refractivity contribution in [1.82, 2.24) is 0 Å². The Morgan fingerprint density at radius 1 is 1.15 bits per heavy atom. The summed E-state index contributed by atoms with van der Waals surface area (Å²) in [6.45, 7) is 8.60. The van der Waals surface area contributed by atoms with E-state index in [-0.39, 0.29) is 0 Å². The minimum absolute atomic E-state index is 0.417. The largest absolute Gasteiger partial charge is 0.390 e. The first-order chi connectivity index (χ1) is 5.98. The van der Waals surface area contributed by atoms with E-state index in [4.69, 9.17) is 0 Å². The lowest BCUT2D eigenvalue weighted by Crippen LogP contribution is -2.24. The third kappa shape index (κ3) is 8.29. The van der Waals surface area contributed by atoms with E-state index in [9.17, 15) is 5.11 Å². The van der Waals surface area contributed by atoms with E-state index in [1.807, 2.05) is 6.92 Å². The zero-order valence-electron chi connectivity index (χ0n) is 9.77. The van der Waals surface area contributed by atoms with Gasteiger partial charge in [-0.25, -0.2) is 0 Å². The molecule has 1 nitrogen and oxygen atoms in total. The second-order valence-electron chi connectivity index (χ2n) is 4.89. The van der Waals surface area contributed by atoms with Crippen molar-refractivity contribution in [3.05, 3.63) is 0 Å². The fourth-order valence-electron chi connectivity index (χ4n) is 1.48. The molecule has 0 saturated heterocycles. The molecule has 0 saturated carbocycles. The molecular weight excluding hydrogens is 160 g/mol. The fraction of sp³-hybridized carbons (Fsp3) is 1.00. The molecule has 0 aromatic carbocycles. The summed E-state index contributed by atoms with van der Waals surface area (Å²) in [5.74, 6) is 0.706. The van der Waals surface area contributed by atoms with E-state index in [0.29, 0.717) is 5.92 Å². The quantitative estimate of drug-likeness (QED) is 0.600. The molecule has 1 atom stereocenters. The molecule has 0 rings (SSSR count). The van der Waals surface area contributed by atoms with E-state index >= 15 is 0 Å². The van der Waals surface area contributed by atoms with E-state index < -0.39 is 5.60 Å². The molecule has 0 aromatic heterocycles. The normalized spacial score (nSPS) is 16.2. The van der Waals surface area contributed by atoms with Crippen LogP contribution in [0.25, 0.3) is 0 Å². The third-order valence-electron chi connectivity index (χ3n) is 2.58. The van der Waals surface area contributed by atoms with Gasteiger partial charge < -0.3 is 5.11 Å². The van der Waals surface area contributed by atoms with Gasteiger partial charge in [0.15, 0.2) is 0 Å². The summed E-state index contributed by atoms with van der Waals surface area (Å²) in [5.41, 5.74) is -0.417. The summed E-state index contributed by atoms with van der Waals surface area (Å²) in [6.07, 6.45) is 6.71. The summed E-state index contributed by atoms with van der Waals surface area (Å²) < 4.78 is 0. The molecule has 0 fully saturated rings. The van der Waals surface area contributed by atoms with Crippen molar-refractivity contribution in [2.45, 2.75) is 71.8 Å². The highest BCUT2D eigenvalue weighted by molar-refractivity contribution is 4.72. The van der Waals surface area contributed by atoms with E-state index in [1.54, 1.807) is 0 Å². The standard InChI is InChI=1S/C12H26O/c1-5-6-7-9-12(4,13)10-8-11(2)3/h11,13H,5-10H2,1-4H3. The molecule has 0 aliphatic rings. The second-order valence-corrected chi connectivity index (χ2v) is 4.89. The molecule has 0 aromatic rings. The summed E-state index contributed by atoms with van der Waals surface area (Å²) >= 11 is 0. The van der Waals surface area contributed by atoms with Crippen molar-refractivity contribution in [2.75, 3.05) is 0 Å². The predicted octanol–water partition coefficient (Wildman–Crippen LogP) is 3.75. The predicted molar refractivity (Wildman–Crippen MR) is 58.8 cm³/mol. The van der Waals surface area contributed by atoms with Crippen LogP contribution in [0.15, 0.2) is 0 Å². The second kappa shape index (κ2) is 6.42. The molecule has 1 unspecified atom stereocenters. The average molecular weight is 186 g/mol. The summed E-state index contributed by atoms with van der Waals surface area (Å²) in [4.78, 5) is 0. The van der Waals surface area contributed by atoms with Crippen LogP contribution in [0.1, 0.15) is 66.2 Å². The molecule has 0 spiro atoms.